The number of aromatic amines is 1. The molecule has 0 aliphatic heterocycles. The maximum atomic E-state index is 11.7. The number of hydrogen-bond acceptors (Lipinski definition) is 5. The van der Waals surface area contributed by atoms with E-state index in [1.807, 2.05) is 0 Å². The molecule has 2 aromatic rings. The molecule has 6 nitrogen and oxygen atoms in total. The Balaban J connectivity index is 2.58. The fourth-order valence-corrected chi connectivity index (χ4v) is 1.55. The van der Waals surface area contributed by atoms with E-state index in [-0.39, 0.29) is 17.0 Å². The summed E-state index contributed by atoms with van der Waals surface area (Å²) in [6, 6.07) is 3.19. The third-order valence-corrected chi connectivity index (χ3v) is 2.54. The van der Waals surface area contributed by atoms with E-state index in [2.05, 4.69) is 9.97 Å². The van der Waals surface area contributed by atoms with Crippen molar-refractivity contribution in [1.29, 1.82) is 0 Å². The number of fused-ring (bicyclic) bond motifs is 1. The lowest BCUT2D eigenvalue weighted by atomic mass is 10.1. The number of ketones is 2. The SMILES string of the molecule is CC(=O)C(=O)/C=C/c1c(O)c2cccnc2[nH]c1=O. The molecule has 0 fully saturated rings. The highest BCUT2D eigenvalue weighted by molar-refractivity contribution is 6.41. The molecule has 0 bridgehead atoms. The van der Waals surface area contributed by atoms with Crippen LogP contribution in [-0.4, -0.2) is 26.6 Å². The van der Waals surface area contributed by atoms with Crippen LogP contribution in [0.15, 0.2) is 29.2 Å². The van der Waals surface area contributed by atoms with Crippen molar-refractivity contribution in [2.75, 3.05) is 0 Å². The number of rotatable bonds is 3. The second-order valence-corrected chi connectivity index (χ2v) is 3.87. The van der Waals surface area contributed by atoms with Gasteiger partial charge in [0.15, 0.2) is 5.78 Å². The number of aromatic nitrogens is 2. The molecule has 0 unspecified atom stereocenters. The number of carbonyl (C=O) groups is 2. The topological polar surface area (TPSA) is 100 Å². The first-order chi connectivity index (χ1) is 9.00. The summed E-state index contributed by atoms with van der Waals surface area (Å²) < 4.78 is 0. The zero-order valence-corrected chi connectivity index (χ0v) is 10.0. The van der Waals surface area contributed by atoms with E-state index in [9.17, 15) is 19.5 Å². The van der Waals surface area contributed by atoms with Crippen molar-refractivity contribution in [2.24, 2.45) is 0 Å². The average molecular weight is 258 g/mol. The summed E-state index contributed by atoms with van der Waals surface area (Å²) in [4.78, 5) is 40.1. The first-order valence-corrected chi connectivity index (χ1v) is 5.43. The van der Waals surface area contributed by atoms with Gasteiger partial charge in [-0.25, -0.2) is 4.98 Å². The minimum Gasteiger partial charge on any atom is -0.506 e. The number of H-pyrrole nitrogens is 1. The van der Waals surface area contributed by atoms with Crippen LogP contribution >= 0.6 is 0 Å². The van der Waals surface area contributed by atoms with Crippen LogP contribution in [0, 0.1) is 0 Å². The van der Waals surface area contributed by atoms with E-state index in [0.29, 0.717) is 5.39 Å². The van der Waals surface area contributed by atoms with Crippen LogP contribution in [-0.2, 0) is 9.59 Å². The van der Waals surface area contributed by atoms with Gasteiger partial charge in [-0.3, -0.25) is 14.4 Å². The van der Waals surface area contributed by atoms with Gasteiger partial charge in [-0.15, -0.1) is 0 Å². The Morgan fingerprint density at radius 2 is 2.16 bits per heavy atom. The molecule has 0 aromatic carbocycles. The third kappa shape index (κ3) is 2.42. The number of pyridine rings is 2. The van der Waals surface area contributed by atoms with Crippen molar-refractivity contribution in [3.8, 4) is 5.75 Å². The Morgan fingerprint density at radius 1 is 1.42 bits per heavy atom. The molecule has 2 aromatic heterocycles. The van der Waals surface area contributed by atoms with Gasteiger partial charge in [0.05, 0.1) is 10.9 Å². The predicted molar refractivity (Wildman–Crippen MR) is 68.8 cm³/mol. The molecule has 0 aliphatic rings. The maximum absolute atomic E-state index is 11.7. The van der Waals surface area contributed by atoms with Crippen molar-refractivity contribution < 1.29 is 14.7 Å². The Morgan fingerprint density at radius 3 is 2.84 bits per heavy atom. The number of carbonyl (C=O) groups excluding carboxylic acids is 2. The number of nitrogens with zero attached hydrogens (tertiary/aromatic N) is 1. The van der Waals surface area contributed by atoms with Crippen LogP contribution < -0.4 is 5.56 Å². The van der Waals surface area contributed by atoms with Crippen molar-refractivity contribution in [3.05, 3.63) is 40.3 Å². The van der Waals surface area contributed by atoms with Gasteiger partial charge >= 0.3 is 0 Å². The Labute approximate surface area is 107 Å². The lowest BCUT2D eigenvalue weighted by molar-refractivity contribution is -0.132. The quantitative estimate of drug-likeness (QED) is 0.626. The van der Waals surface area contributed by atoms with Gasteiger partial charge in [0.1, 0.15) is 11.4 Å². The second-order valence-electron chi connectivity index (χ2n) is 3.87. The molecule has 2 rings (SSSR count). The molecule has 6 heteroatoms. The fourth-order valence-electron chi connectivity index (χ4n) is 1.55. The zero-order chi connectivity index (χ0) is 14.0. The highest BCUT2D eigenvalue weighted by atomic mass is 16.3. The molecule has 0 aliphatic carbocycles. The van der Waals surface area contributed by atoms with E-state index in [1.165, 1.54) is 6.20 Å². The maximum Gasteiger partial charge on any atom is 0.260 e. The minimum absolute atomic E-state index is 0.0879. The monoisotopic (exact) mass is 258 g/mol. The van der Waals surface area contributed by atoms with Crippen LogP contribution in [0.5, 0.6) is 5.75 Å². The van der Waals surface area contributed by atoms with E-state index >= 15 is 0 Å². The highest BCUT2D eigenvalue weighted by Crippen LogP contribution is 2.23. The van der Waals surface area contributed by atoms with Gasteiger partial charge in [-0.05, 0) is 24.3 Å². The number of nitrogens with one attached hydrogen (secondary N) is 1. The molecule has 0 saturated carbocycles. The molecule has 2 heterocycles. The summed E-state index contributed by atoms with van der Waals surface area (Å²) in [7, 11) is 0. The predicted octanol–water partition coefficient (Wildman–Crippen LogP) is 0.800. The van der Waals surface area contributed by atoms with Crippen molar-refractivity contribution >= 4 is 28.7 Å². The molecular formula is C13H10N2O4. The lowest BCUT2D eigenvalue weighted by Crippen LogP contribution is -2.11. The number of Topliss-reactive ketones (excluding diaryl/α,β-unsaturated/α-hetero) is 1. The van der Waals surface area contributed by atoms with Crippen LogP contribution in [0.3, 0.4) is 0 Å². The number of allylic oxidation sites excluding steroid dienone is 1. The van der Waals surface area contributed by atoms with Crippen molar-refractivity contribution in [2.45, 2.75) is 6.92 Å². The first-order valence-electron chi connectivity index (χ1n) is 5.43. The molecule has 0 atom stereocenters. The summed E-state index contributed by atoms with van der Waals surface area (Å²) in [5, 5.41) is 10.3. The highest BCUT2D eigenvalue weighted by Gasteiger charge is 2.10. The summed E-state index contributed by atoms with van der Waals surface area (Å²) >= 11 is 0. The number of hydrogen-bond donors (Lipinski definition) is 2. The van der Waals surface area contributed by atoms with Crippen molar-refractivity contribution in [1.82, 2.24) is 9.97 Å². The zero-order valence-electron chi connectivity index (χ0n) is 10.0. The van der Waals surface area contributed by atoms with Crippen LogP contribution in [0.1, 0.15) is 12.5 Å². The average Bonchev–Trinajstić information content (AvgIpc) is 2.38. The van der Waals surface area contributed by atoms with E-state index in [0.717, 1.165) is 19.1 Å². The molecule has 0 spiro atoms. The minimum atomic E-state index is -0.745. The van der Waals surface area contributed by atoms with Crippen LogP contribution in [0.25, 0.3) is 17.1 Å². The molecule has 0 amide bonds. The fraction of sp³-hybridized carbons (Fsp3) is 0.0769. The van der Waals surface area contributed by atoms with Gasteiger partial charge in [0.25, 0.3) is 5.56 Å². The first kappa shape index (κ1) is 12.7. The molecule has 2 N–H and O–H groups in total. The summed E-state index contributed by atoms with van der Waals surface area (Å²) in [6.07, 6.45) is 3.55. The molecule has 0 radical (unpaired) electrons. The van der Waals surface area contributed by atoms with Gasteiger partial charge in [-0.1, -0.05) is 0 Å². The summed E-state index contributed by atoms with van der Waals surface area (Å²) in [5.74, 6) is -1.67. The smallest absolute Gasteiger partial charge is 0.260 e. The Hall–Kier alpha value is -2.76. The standard InChI is InChI=1S/C13H10N2O4/c1-7(16)10(17)5-4-9-11(18)8-3-2-6-14-12(8)15-13(9)19/h2-6H,1H3,(H2,14,15,18,19)/b5-4+. The van der Waals surface area contributed by atoms with Crippen molar-refractivity contribution in [3.63, 3.8) is 0 Å². The Bertz CT molecular complexity index is 759. The molecule has 0 saturated heterocycles. The second kappa shape index (κ2) is 4.85. The largest absolute Gasteiger partial charge is 0.506 e. The molecular weight excluding hydrogens is 248 g/mol. The van der Waals surface area contributed by atoms with E-state index < -0.39 is 17.1 Å². The lowest BCUT2D eigenvalue weighted by Gasteiger charge is -2.02. The molecule has 96 valence electrons. The summed E-state index contributed by atoms with van der Waals surface area (Å²) in [5.41, 5.74) is -0.425. The van der Waals surface area contributed by atoms with Gasteiger partial charge in [-0.2, -0.15) is 0 Å². The van der Waals surface area contributed by atoms with Crippen LogP contribution in [0.4, 0.5) is 0 Å². The van der Waals surface area contributed by atoms with Gasteiger partial charge < -0.3 is 10.1 Å². The Kier molecular flexibility index (Phi) is 3.24. The number of aromatic hydroxyl groups is 1. The summed E-state index contributed by atoms with van der Waals surface area (Å²) in [6.45, 7) is 1.13. The van der Waals surface area contributed by atoms with Gasteiger partial charge in [0.2, 0.25) is 5.78 Å². The van der Waals surface area contributed by atoms with Gasteiger partial charge in [0, 0.05) is 13.1 Å². The van der Waals surface area contributed by atoms with E-state index in [4.69, 9.17) is 0 Å². The normalized spacial score (nSPS) is 11.0. The van der Waals surface area contributed by atoms with Crippen LogP contribution in [0.2, 0.25) is 0 Å². The third-order valence-electron chi connectivity index (χ3n) is 2.54. The van der Waals surface area contributed by atoms with E-state index in [1.54, 1.807) is 12.1 Å². The molecule has 19 heavy (non-hydrogen) atoms.